The van der Waals surface area contributed by atoms with E-state index in [1.54, 1.807) is 18.0 Å². The zero-order valence-corrected chi connectivity index (χ0v) is 12.6. The molecule has 20 heavy (non-hydrogen) atoms. The highest BCUT2D eigenvalue weighted by Gasteiger charge is 2.04. The third-order valence-corrected chi connectivity index (χ3v) is 3.97. The maximum atomic E-state index is 11.6. The van der Waals surface area contributed by atoms with Gasteiger partial charge in [0.15, 0.2) is 5.16 Å². The summed E-state index contributed by atoms with van der Waals surface area (Å²) in [5.41, 5.74) is 0.843. The quantitative estimate of drug-likeness (QED) is 0.882. The van der Waals surface area contributed by atoms with Crippen molar-refractivity contribution < 1.29 is 4.79 Å². The van der Waals surface area contributed by atoms with Crippen LogP contribution in [-0.4, -0.2) is 15.5 Å². The summed E-state index contributed by atoms with van der Waals surface area (Å²) < 4.78 is 1.98. The number of aromatic nitrogens is 2. The van der Waals surface area contributed by atoms with E-state index in [9.17, 15) is 4.79 Å². The predicted molar refractivity (Wildman–Crippen MR) is 81.9 cm³/mol. The van der Waals surface area contributed by atoms with Crippen LogP contribution >= 0.6 is 11.8 Å². The Bertz CT molecular complexity index is 563. The monoisotopic (exact) mass is 289 g/mol. The molecular weight excluding hydrogens is 270 g/mol. The Morgan fingerprint density at radius 2 is 2.10 bits per heavy atom. The third kappa shape index (κ3) is 4.13. The lowest BCUT2D eigenvalue weighted by atomic mass is 10.2. The minimum absolute atomic E-state index is 0.0800. The first-order chi connectivity index (χ1) is 9.69. The highest BCUT2D eigenvalue weighted by molar-refractivity contribution is 7.99. The molecule has 2 aromatic rings. The van der Waals surface area contributed by atoms with Crippen LogP contribution in [-0.2, 0) is 11.8 Å². The zero-order chi connectivity index (χ0) is 14.4. The van der Waals surface area contributed by atoms with E-state index in [2.05, 4.69) is 17.2 Å². The van der Waals surface area contributed by atoms with Crippen LogP contribution in [0.4, 0.5) is 5.69 Å². The standard InChI is InChI=1S/C15H19N3OS/c1-3-4-5-14(19)17-12-6-8-13(9-7-12)20-15-16-10-11-18(15)2/h6-11H,3-5H2,1-2H3,(H,17,19). The molecule has 0 unspecified atom stereocenters. The number of hydrogen-bond acceptors (Lipinski definition) is 3. The van der Waals surface area contributed by atoms with Crippen LogP contribution in [0.25, 0.3) is 0 Å². The van der Waals surface area contributed by atoms with Crippen molar-refractivity contribution in [2.45, 2.75) is 36.2 Å². The van der Waals surface area contributed by atoms with Crippen molar-refractivity contribution >= 4 is 23.4 Å². The number of anilines is 1. The first-order valence-corrected chi connectivity index (χ1v) is 7.56. The van der Waals surface area contributed by atoms with Crippen molar-refractivity contribution in [2.75, 3.05) is 5.32 Å². The number of amides is 1. The molecule has 2 rings (SSSR count). The molecule has 0 fully saturated rings. The Kier molecular flexibility index (Phi) is 5.24. The lowest BCUT2D eigenvalue weighted by Gasteiger charge is -2.06. The number of rotatable bonds is 6. The van der Waals surface area contributed by atoms with E-state index in [-0.39, 0.29) is 5.91 Å². The van der Waals surface area contributed by atoms with E-state index in [0.717, 1.165) is 28.6 Å². The molecule has 5 heteroatoms. The molecule has 0 aliphatic heterocycles. The van der Waals surface area contributed by atoms with Gasteiger partial charge in [0.25, 0.3) is 0 Å². The molecule has 1 aromatic heterocycles. The second-order valence-electron chi connectivity index (χ2n) is 4.60. The molecule has 0 saturated heterocycles. The minimum Gasteiger partial charge on any atom is -0.329 e. The van der Waals surface area contributed by atoms with Gasteiger partial charge in [0.2, 0.25) is 5.91 Å². The minimum atomic E-state index is 0.0800. The molecule has 0 aliphatic rings. The predicted octanol–water partition coefficient (Wildman–Crippen LogP) is 3.70. The average molecular weight is 289 g/mol. The Hall–Kier alpha value is -1.75. The lowest BCUT2D eigenvalue weighted by molar-refractivity contribution is -0.116. The second kappa shape index (κ2) is 7.14. The van der Waals surface area contributed by atoms with E-state index in [0.29, 0.717) is 6.42 Å². The van der Waals surface area contributed by atoms with Crippen LogP contribution in [0.2, 0.25) is 0 Å². The van der Waals surface area contributed by atoms with Gasteiger partial charge in [-0.05, 0) is 30.7 Å². The van der Waals surface area contributed by atoms with Gasteiger partial charge >= 0.3 is 0 Å². The third-order valence-electron chi connectivity index (χ3n) is 2.88. The number of unbranched alkanes of at least 4 members (excludes halogenated alkanes) is 1. The van der Waals surface area contributed by atoms with Crippen molar-refractivity contribution in [3.05, 3.63) is 36.7 Å². The molecule has 1 N–H and O–H groups in total. The van der Waals surface area contributed by atoms with Gasteiger partial charge in [-0.2, -0.15) is 0 Å². The molecule has 0 bridgehead atoms. The summed E-state index contributed by atoms with van der Waals surface area (Å²) in [6.45, 7) is 2.08. The summed E-state index contributed by atoms with van der Waals surface area (Å²) >= 11 is 1.60. The smallest absolute Gasteiger partial charge is 0.224 e. The topological polar surface area (TPSA) is 46.9 Å². The van der Waals surface area contributed by atoms with Gasteiger partial charge in [-0.3, -0.25) is 4.79 Å². The van der Waals surface area contributed by atoms with E-state index < -0.39 is 0 Å². The van der Waals surface area contributed by atoms with Crippen LogP contribution < -0.4 is 5.32 Å². The van der Waals surface area contributed by atoms with Gasteiger partial charge in [-0.15, -0.1) is 0 Å². The van der Waals surface area contributed by atoms with E-state index >= 15 is 0 Å². The first-order valence-electron chi connectivity index (χ1n) is 6.74. The average Bonchev–Trinajstić information content (AvgIpc) is 2.84. The van der Waals surface area contributed by atoms with Crippen molar-refractivity contribution in [1.29, 1.82) is 0 Å². The fraction of sp³-hybridized carbons (Fsp3) is 0.333. The number of nitrogens with one attached hydrogen (secondary N) is 1. The van der Waals surface area contributed by atoms with Gasteiger partial charge in [-0.1, -0.05) is 25.1 Å². The Labute approximate surface area is 123 Å². The molecule has 0 saturated carbocycles. The van der Waals surface area contributed by atoms with E-state index in [1.165, 1.54) is 0 Å². The number of aryl methyl sites for hydroxylation is 1. The Balaban J connectivity index is 1.93. The SMILES string of the molecule is CCCCC(=O)Nc1ccc(Sc2nccn2C)cc1. The number of carbonyl (C=O) groups is 1. The summed E-state index contributed by atoms with van der Waals surface area (Å²) in [6.07, 6.45) is 6.25. The first kappa shape index (κ1) is 14.7. The Morgan fingerprint density at radius 1 is 1.35 bits per heavy atom. The van der Waals surface area contributed by atoms with Gasteiger partial charge in [0.05, 0.1) is 0 Å². The van der Waals surface area contributed by atoms with Crippen LogP contribution in [0.1, 0.15) is 26.2 Å². The maximum Gasteiger partial charge on any atom is 0.224 e. The maximum absolute atomic E-state index is 11.6. The summed E-state index contributed by atoms with van der Waals surface area (Å²) in [5, 5.41) is 3.85. The molecule has 1 aromatic carbocycles. The van der Waals surface area contributed by atoms with Crippen LogP contribution in [0.3, 0.4) is 0 Å². The second-order valence-corrected chi connectivity index (χ2v) is 5.64. The van der Waals surface area contributed by atoms with Crippen LogP contribution in [0.15, 0.2) is 46.7 Å². The fourth-order valence-electron chi connectivity index (χ4n) is 1.72. The van der Waals surface area contributed by atoms with Crippen molar-refractivity contribution in [1.82, 2.24) is 9.55 Å². The van der Waals surface area contributed by atoms with Gasteiger partial charge in [-0.25, -0.2) is 4.98 Å². The number of hydrogen-bond donors (Lipinski definition) is 1. The fourth-order valence-corrected chi connectivity index (χ4v) is 2.52. The summed E-state index contributed by atoms with van der Waals surface area (Å²) in [5.74, 6) is 0.0800. The van der Waals surface area contributed by atoms with Crippen molar-refractivity contribution in [3.63, 3.8) is 0 Å². The van der Waals surface area contributed by atoms with Gasteiger partial charge in [0.1, 0.15) is 0 Å². The van der Waals surface area contributed by atoms with Gasteiger partial charge < -0.3 is 9.88 Å². The van der Waals surface area contributed by atoms with E-state index in [4.69, 9.17) is 0 Å². The summed E-state index contributed by atoms with van der Waals surface area (Å²) in [7, 11) is 1.97. The van der Waals surface area contributed by atoms with Crippen molar-refractivity contribution in [3.8, 4) is 0 Å². The Morgan fingerprint density at radius 3 is 2.70 bits per heavy atom. The number of nitrogens with zero attached hydrogens (tertiary/aromatic N) is 2. The summed E-state index contributed by atoms with van der Waals surface area (Å²) in [4.78, 5) is 17.0. The van der Waals surface area contributed by atoms with Gasteiger partial charge in [0, 0.05) is 36.4 Å². The normalized spacial score (nSPS) is 10.5. The molecule has 0 spiro atoms. The molecular formula is C15H19N3OS. The zero-order valence-electron chi connectivity index (χ0n) is 11.8. The molecule has 1 amide bonds. The van der Waals surface area contributed by atoms with Crippen LogP contribution in [0, 0.1) is 0 Å². The number of carbonyl (C=O) groups excluding carboxylic acids is 1. The van der Waals surface area contributed by atoms with Crippen molar-refractivity contribution in [2.24, 2.45) is 7.05 Å². The summed E-state index contributed by atoms with van der Waals surface area (Å²) in [6, 6.07) is 7.84. The van der Waals surface area contributed by atoms with Crippen LogP contribution in [0.5, 0.6) is 0 Å². The molecule has 4 nitrogen and oxygen atoms in total. The van der Waals surface area contributed by atoms with E-state index in [1.807, 2.05) is 42.1 Å². The molecule has 106 valence electrons. The molecule has 1 heterocycles. The highest BCUT2D eigenvalue weighted by Crippen LogP contribution is 2.26. The largest absolute Gasteiger partial charge is 0.329 e. The molecule has 0 radical (unpaired) electrons. The lowest BCUT2D eigenvalue weighted by Crippen LogP contribution is -2.10. The number of benzene rings is 1. The number of imidazole rings is 1. The highest BCUT2D eigenvalue weighted by atomic mass is 32.2. The molecule has 0 aliphatic carbocycles. The molecule has 0 atom stereocenters.